The van der Waals surface area contributed by atoms with Crippen molar-refractivity contribution in [2.75, 3.05) is 11.4 Å². The van der Waals surface area contributed by atoms with Crippen molar-refractivity contribution in [2.24, 2.45) is 0 Å². The summed E-state index contributed by atoms with van der Waals surface area (Å²) in [6, 6.07) is 4.07. The van der Waals surface area contributed by atoms with E-state index in [-0.39, 0.29) is 11.5 Å². The molecule has 22 heavy (non-hydrogen) atoms. The highest BCUT2D eigenvalue weighted by molar-refractivity contribution is 7.14. The van der Waals surface area contributed by atoms with E-state index in [1.54, 1.807) is 18.3 Å². The van der Waals surface area contributed by atoms with Gasteiger partial charge in [-0.3, -0.25) is 4.79 Å². The van der Waals surface area contributed by atoms with Crippen LogP contribution < -0.4 is 4.90 Å². The number of carbonyl (C=O) groups is 1. The van der Waals surface area contributed by atoms with E-state index in [1.165, 1.54) is 12.5 Å². The summed E-state index contributed by atoms with van der Waals surface area (Å²) in [4.78, 5) is 14.3. The molecule has 0 spiro atoms. The van der Waals surface area contributed by atoms with E-state index in [4.69, 9.17) is 0 Å². The van der Waals surface area contributed by atoms with Gasteiger partial charge in [-0.05, 0) is 62.6 Å². The molecular formula is C18H23NO2S. The highest BCUT2D eigenvalue weighted by Crippen LogP contribution is 2.36. The number of hydrogen-bond acceptors (Lipinski definition) is 4. The van der Waals surface area contributed by atoms with Crippen molar-refractivity contribution >= 4 is 22.1 Å². The molecule has 0 fully saturated rings. The minimum atomic E-state index is -0.0972. The molecule has 2 rings (SSSR count). The Labute approximate surface area is 136 Å². The number of anilines is 1. The molecule has 0 bridgehead atoms. The van der Waals surface area contributed by atoms with E-state index < -0.39 is 0 Å². The number of ketones is 1. The Morgan fingerprint density at radius 3 is 2.77 bits per heavy atom. The van der Waals surface area contributed by atoms with Gasteiger partial charge < -0.3 is 10.0 Å². The van der Waals surface area contributed by atoms with Crippen molar-refractivity contribution in [1.29, 1.82) is 0 Å². The van der Waals surface area contributed by atoms with Gasteiger partial charge in [-0.1, -0.05) is 6.08 Å². The first-order valence-electron chi connectivity index (χ1n) is 7.61. The van der Waals surface area contributed by atoms with Crippen LogP contribution in [0.3, 0.4) is 0 Å². The van der Waals surface area contributed by atoms with Crippen LogP contribution in [0.2, 0.25) is 0 Å². The Kier molecular flexibility index (Phi) is 5.61. The summed E-state index contributed by atoms with van der Waals surface area (Å²) in [5.74, 6) is -0.00691. The summed E-state index contributed by atoms with van der Waals surface area (Å²) in [7, 11) is 0. The van der Waals surface area contributed by atoms with Gasteiger partial charge in [-0.2, -0.15) is 0 Å². The second-order valence-electron chi connectivity index (χ2n) is 5.52. The zero-order valence-electron chi connectivity index (χ0n) is 13.3. The molecule has 0 radical (unpaired) electrons. The first-order chi connectivity index (χ1) is 10.6. The monoisotopic (exact) mass is 317 g/mol. The van der Waals surface area contributed by atoms with Gasteiger partial charge in [0, 0.05) is 6.54 Å². The number of allylic oxidation sites excluding steroid dienone is 4. The average Bonchev–Trinajstić information content (AvgIpc) is 2.90. The minimum absolute atomic E-state index is 0.0903. The van der Waals surface area contributed by atoms with Gasteiger partial charge in [0.2, 0.25) is 0 Å². The first kappa shape index (κ1) is 16.6. The Hall–Kier alpha value is -1.81. The van der Waals surface area contributed by atoms with E-state index in [0.717, 1.165) is 42.9 Å². The van der Waals surface area contributed by atoms with Gasteiger partial charge in [-0.25, -0.2) is 0 Å². The number of thiophene rings is 1. The molecule has 3 nitrogen and oxygen atoms in total. The molecule has 0 unspecified atom stereocenters. The third kappa shape index (κ3) is 3.50. The molecule has 1 aromatic heterocycles. The zero-order valence-corrected chi connectivity index (χ0v) is 14.1. The molecule has 2 heterocycles. The molecule has 1 N–H and O–H groups in total. The van der Waals surface area contributed by atoms with E-state index in [0.29, 0.717) is 5.57 Å². The van der Waals surface area contributed by atoms with Crippen molar-refractivity contribution in [3.05, 3.63) is 52.8 Å². The van der Waals surface area contributed by atoms with Crippen LogP contribution in [0.25, 0.3) is 0 Å². The van der Waals surface area contributed by atoms with Crippen LogP contribution in [0.5, 0.6) is 0 Å². The first-order valence-corrected chi connectivity index (χ1v) is 8.49. The van der Waals surface area contributed by atoms with Crippen molar-refractivity contribution in [3.63, 3.8) is 0 Å². The zero-order chi connectivity index (χ0) is 16.1. The summed E-state index contributed by atoms with van der Waals surface area (Å²) < 4.78 is 0. The van der Waals surface area contributed by atoms with Crippen LogP contribution in [0, 0.1) is 0 Å². The Morgan fingerprint density at radius 1 is 1.45 bits per heavy atom. The van der Waals surface area contributed by atoms with Crippen molar-refractivity contribution in [2.45, 2.75) is 39.5 Å². The van der Waals surface area contributed by atoms with Crippen LogP contribution >= 0.6 is 11.3 Å². The molecule has 0 saturated carbocycles. The summed E-state index contributed by atoms with van der Waals surface area (Å²) >= 11 is 1.65. The summed E-state index contributed by atoms with van der Waals surface area (Å²) in [5.41, 5.74) is 2.50. The number of aliphatic hydroxyl groups excluding tert-OH is 1. The molecule has 0 atom stereocenters. The van der Waals surface area contributed by atoms with Crippen molar-refractivity contribution < 1.29 is 9.90 Å². The van der Waals surface area contributed by atoms with E-state index >= 15 is 0 Å². The van der Waals surface area contributed by atoms with E-state index in [2.05, 4.69) is 17.5 Å². The molecule has 1 aliphatic rings. The SMILES string of the molecule is C=CCC1=C(C(C(C)=O)=C(C)O)N(c2cccs2)CCCC1. The third-order valence-corrected chi connectivity index (χ3v) is 4.72. The number of aliphatic hydroxyl groups is 1. The van der Waals surface area contributed by atoms with Gasteiger partial charge in [-0.15, -0.1) is 17.9 Å². The lowest BCUT2D eigenvalue weighted by molar-refractivity contribution is -0.113. The summed E-state index contributed by atoms with van der Waals surface area (Å²) in [6.45, 7) is 7.81. The van der Waals surface area contributed by atoms with Gasteiger partial charge in [0.05, 0.1) is 16.3 Å². The highest BCUT2D eigenvalue weighted by Gasteiger charge is 2.26. The standard InChI is InChI=1S/C18H23NO2S/c1-4-8-15-9-5-6-11-19(16-10-7-12-22-16)18(15)17(13(2)20)14(3)21/h4,7,10,12,20H,1,5-6,8-9,11H2,2-3H3. The largest absolute Gasteiger partial charge is 0.512 e. The Morgan fingerprint density at radius 2 is 2.23 bits per heavy atom. The Bertz CT molecular complexity index is 607. The maximum atomic E-state index is 12.2. The average molecular weight is 317 g/mol. The second kappa shape index (κ2) is 7.45. The van der Waals surface area contributed by atoms with Gasteiger partial charge >= 0.3 is 0 Å². The predicted octanol–water partition coefficient (Wildman–Crippen LogP) is 4.99. The van der Waals surface area contributed by atoms with Crippen molar-refractivity contribution in [1.82, 2.24) is 0 Å². The fourth-order valence-corrected chi connectivity index (χ4v) is 3.71. The molecule has 0 aliphatic carbocycles. The van der Waals surface area contributed by atoms with Crippen LogP contribution in [0.15, 0.2) is 52.8 Å². The molecule has 4 heteroatoms. The third-order valence-electron chi connectivity index (χ3n) is 3.83. The second-order valence-corrected chi connectivity index (χ2v) is 6.45. The molecular weight excluding hydrogens is 294 g/mol. The Balaban J connectivity index is 2.65. The smallest absolute Gasteiger partial charge is 0.165 e. The van der Waals surface area contributed by atoms with E-state index in [9.17, 15) is 9.90 Å². The fourth-order valence-electron chi connectivity index (χ4n) is 2.95. The lowest BCUT2D eigenvalue weighted by atomic mass is 9.97. The van der Waals surface area contributed by atoms with Crippen LogP contribution in [0.4, 0.5) is 5.00 Å². The van der Waals surface area contributed by atoms with Crippen molar-refractivity contribution in [3.8, 4) is 0 Å². The van der Waals surface area contributed by atoms with Crippen LogP contribution in [-0.2, 0) is 4.79 Å². The number of rotatable bonds is 5. The number of carbonyl (C=O) groups excluding carboxylic acids is 1. The minimum Gasteiger partial charge on any atom is -0.512 e. The molecule has 1 aliphatic heterocycles. The van der Waals surface area contributed by atoms with Crippen LogP contribution in [-0.4, -0.2) is 17.4 Å². The molecule has 0 aromatic carbocycles. The fraction of sp³-hybridized carbons (Fsp3) is 0.389. The number of hydrogen-bond donors (Lipinski definition) is 1. The topological polar surface area (TPSA) is 40.5 Å². The number of Topliss-reactive ketones (excluding diaryl/α,β-unsaturated/α-hetero) is 1. The molecule has 0 saturated heterocycles. The molecule has 1 aromatic rings. The molecule has 118 valence electrons. The highest BCUT2D eigenvalue weighted by atomic mass is 32.1. The quantitative estimate of drug-likeness (QED) is 0.472. The summed E-state index contributed by atoms with van der Waals surface area (Å²) in [6.07, 6.45) is 5.70. The maximum Gasteiger partial charge on any atom is 0.165 e. The van der Waals surface area contributed by atoms with Gasteiger partial charge in [0.1, 0.15) is 5.76 Å². The van der Waals surface area contributed by atoms with E-state index in [1.807, 2.05) is 17.5 Å². The number of nitrogens with zero attached hydrogens (tertiary/aromatic N) is 1. The lowest BCUT2D eigenvalue weighted by Crippen LogP contribution is -2.26. The molecule has 0 amide bonds. The van der Waals surface area contributed by atoms with Gasteiger partial charge in [0.15, 0.2) is 5.78 Å². The van der Waals surface area contributed by atoms with Crippen LogP contribution in [0.1, 0.15) is 39.5 Å². The predicted molar refractivity (Wildman–Crippen MR) is 93.4 cm³/mol. The lowest BCUT2D eigenvalue weighted by Gasteiger charge is -2.28. The normalized spacial score (nSPS) is 17.1. The van der Waals surface area contributed by atoms with Gasteiger partial charge in [0.25, 0.3) is 0 Å². The maximum absolute atomic E-state index is 12.2. The summed E-state index contributed by atoms with van der Waals surface area (Å²) in [5, 5.41) is 13.2.